The topological polar surface area (TPSA) is 244 Å². The second kappa shape index (κ2) is 21.4. The van der Waals surface area contributed by atoms with Crippen LogP contribution >= 0.6 is 0 Å². The van der Waals surface area contributed by atoms with Crippen LogP contribution in [0.4, 0.5) is 8.78 Å². The fraction of sp³-hybridized carbons (Fsp3) is 0.520. The van der Waals surface area contributed by atoms with Crippen molar-refractivity contribution in [1.82, 2.24) is 0 Å². The molecule has 1 saturated heterocycles. The van der Waals surface area contributed by atoms with Crippen molar-refractivity contribution in [2.75, 3.05) is 19.8 Å². The van der Waals surface area contributed by atoms with Gasteiger partial charge in [-0.15, -0.1) is 0 Å². The molecule has 0 bridgehead atoms. The summed E-state index contributed by atoms with van der Waals surface area (Å²) in [6.45, 7) is 8.85. The molecule has 0 radical (unpaired) electrons. The maximum atomic E-state index is 15.0. The third-order valence-corrected chi connectivity index (χ3v) is 17.8. The van der Waals surface area contributed by atoms with Crippen molar-refractivity contribution >= 4 is 74.1 Å². The summed E-state index contributed by atoms with van der Waals surface area (Å²) in [6, 6.07) is 19.1. The molecular formula is C50H59F2O17STe-. The minimum atomic E-state index is -6.37. The Balaban J connectivity index is 1.44. The summed E-state index contributed by atoms with van der Waals surface area (Å²) in [5.74, 6) is -7.19. The van der Waals surface area contributed by atoms with Gasteiger partial charge in [0.15, 0.2) is 16.7 Å². The van der Waals surface area contributed by atoms with Crippen molar-refractivity contribution in [3.05, 3.63) is 78.4 Å². The summed E-state index contributed by atoms with van der Waals surface area (Å²) < 4.78 is 104. The Hall–Kier alpha value is -5.36. The van der Waals surface area contributed by atoms with Gasteiger partial charge in [0.2, 0.25) is 0 Å². The van der Waals surface area contributed by atoms with Gasteiger partial charge in [0.1, 0.15) is 11.5 Å². The third-order valence-electron chi connectivity index (χ3n) is 14.1. The Morgan fingerprint density at radius 1 is 0.775 bits per heavy atom. The molecule has 21 heteroatoms. The average molecular weight is 1130 g/mol. The molecule has 1 heterocycles. The van der Waals surface area contributed by atoms with Crippen molar-refractivity contribution in [2.45, 2.75) is 123 Å². The number of phenols is 1. The van der Waals surface area contributed by atoms with Crippen molar-refractivity contribution in [1.29, 1.82) is 0 Å². The van der Waals surface area contributed by atoms with Crippen LogP contribution in [-0.4, -0.2) is 112 Å². The van der Waals surface area contributed by atoms with Gasteiger partial charge < -0.3 is 19.1 Å². The Morgan fingerprint density at radius 3 is 1.82 bits per heavy atom. The summed E-state index contributed by atoms with van der Waals surface area (Å²) in [6.07, 6.45) is 2.80. The van der Waals surface area contributed by atoms with E-state index in [2.05, 4.69) is 0 Å². The van der Waals surface area contributed by atoms with Crippen molar-refractivity contribution < 1.29 is 88.8 Å². The molecule has 0 amide bonds. The molecule has 2 aliphatic rings. The van der Waals surface area contributed by atoms with E-state index in [1.165, 1.54) is 13.8 Å². The van der Waals surface area contributed by atoms with Gasteiger partial charge in [0, 0.05) is 6.42 Å². The maximum absolute atomic E-state index is 15.0. The first-order valence-corrected chi connectivity index (χ1v) is 26.5. The first-order chi connectivity index (χ1) is 32.9. The number of ether oxygens (including phenoxy) is 7. The van der Waals surface area contributed by atoms with Gasteiger partial charge >= 0.3 is 312 Å². The second-order valence-corrected chi connectivity index (χ2v) is 24.2. The molecule has 3 atom stereocenters. The van der Waals surface area contributed by atoms with Crippen LogP contribution in [0.25, 0.3) is 0 Å². The van der Waals surface area contributed by atoms with E-state index in [9.17, 15) is 55.6 Å². The molecule has 5 rings (SSSR count). The first-order valence-electron chi connectivity index (χ1n) is 22.7. The fourth-order valence-electron chi connectivity index (χ4n) is 8.58. The number of rotatable bonds is 21. The van der Waals surface area contributed by atoms with Crippen LogP contribution in [0.3, 0.4) is 0 Å². The number of alkyl halides is 2. The Bertz CT molecular complexity index is 2570. The van der Waals surface area contributed by atoms with E-state index in [0.717, 1.165) is 91.3 Å². The molecule has 71 heavy (non-hydrogen) atoms. The number of esters is 6. The molecule has 1 aliphatic carbocycles. The van der Waals surface area contributed by atoms with Crippen LogP contribution < -0.4 is 16.7 Å². The molecule has 3 aromatic carbocycles. The van der Waals surface area contributed by atoms with Crippen LogP contribution in [-0.2, 0) is 68.2 Å². The molecule has 388 valence electrons. The molecule has 2 fully saturated rings. The number of aromatic hydroxyl groups is 1. The van der Waals surface area contributed by atoms with Gasteiger partial charge in [-0.1, -0.05) is 0 Å². The number of benzene rings is 3. The van der Waals surface area contributed by atoms with Gasteiger partial charge in [-0.05, 0) is 24.3 Å². The Kier molecular flexibility index (Phi) is 17.0. The quantitative estimate of drug-likeness (QED) is 0.0443. The number of phenolic OH excluding ortho intramolecular Hbond substituents is 1. The van der Waals surface area contributed by atoms with Gasteiger partial charge in [0.25, 0.3) is 0 Å². The molecule has 3 aromatic rings. The number of carbonyl (C=O) groups excluding carboxylic acids is 6. The normalized spacial score (nSPS) is 18.0. The van der Waals surface area contributed by atoms with Crippen molar-refractivity contribution in [3.8, 4) is 17.2 Å². The molecule has 1 saturated carbocycles. The predicted octanol–water partition coefficient (Wildman–Crippen LogP) is 5.68. The molecule has 0 spiro atoms. The molecule has 0 aromatic heterocycles. The molecule has 17 nitrogen and oxygen atoms in total. The van der Waals surface area contributed by atoms with Crippen LogP contribution in [0.1, 0.15) is 106 Å². The average Bonchev–Trinajstić information content (AvgIpc) is 3.95. The zero-order chi connectivity index (χ0) is 53.0. The Labute approximate surface area is 421 Å². The van der Waals surface area contributed by atoms with E-state index in [0.29, 0.717) is 11.3 Å². The zero-order valence-electron chi connectivity index (χ0n) is 40.9. The van der Waals surface area contributed by atoms with E-state index < -0.39 is 118 Å². The standard InChI is InChI=1S/C50H60F2O17STe/c1-10-49(26-11-12-27-49)68-38(54)29-64-33-19-23-36(24-20-33)71-35-21-13-31(14-22-35)46(6,7)69-41(57)45(4,5)48(9,43(59)67-37-25-28-63-39(37)55)47(8,42(58)66-34-17-15-32(53)16-18-34)44(2,3)40(56)65-30-50(51,52)70(60,61)62/h13-24,37,53H,10-12,25-30H2,1-9H3,(H,60,61,62)/p-1. The summed E-state index contributed by atoms with van der Waals surface area (Å²) in [4.78, 5) is 84.1. The van der Waals surface area contributed by atoms with Crippen LogP contribution in [0.15, 0.2) is 72.8 Å². The number of hydrogen-bond donors (Lipinski definition) is 1. The van der Waals surface area contributed by atoms with Gasteiger partial charge in [-0.3, -0.25) is 4.79 Å². The van der Waals surface area contributed by atoms with E-state index >= 15 is 0 Å². The molecule has 1 N–H and O–H groups in total. The summed E-state index contributed by atoms with van der Waals surface area (Å²) >= 11 is -0.959. The van der Waals surface area contributed by atoms with Gasteiger partial charge in [-0.2, -0.15) is 8.78 Å². The number of halogens is 2. The van der Waals surface area contributed by atoms with Crippen LogP contribution in [0.5, 0.6) is 17.2 Å². The van der Waals surface area contributed by atoms with E-state index in [1.54, 1.807) is 38.1 Å². The SMILES string of the molecule is CCC1(OC(=O)COc2ccc([Te]c3ccc(C(C)(C)OC(=O)C(C)(C)C(C)(C(=O)OC4CCOC4=O)C(C)(C(=O)Oc4ccc(O)cc4)C(C)(C)C(=O)OCC(F)(F)S(=O)(=O)[O-])cc3)cc2)CCCC1. The fourth-order valence-corrected chi connectivity index (χ4v) is 11.1. The monoisotopic (exact) mass is 1130 g/mol. The molecular weight excluding hydrogens is 1070 g/mol. The molecule has 3 unspecified atom stereocenters. The number of hydrogen-bond acceptors (Lipinski definition) is 17. The van der Waals surface area contributed by atoms with Crippen LogP contribution in [0.2, 0.25) is 0 Å². The third kappa shape index (κ3) is 12.0. The zero-order valence-corrected chi connectivity index (χ0v) is 44.1. The summed E-state index contributed by atoms with van der Waals surface area (Å²) in [7, 11) is -6.37. The number of carbonyl (C=O) groups is 6. The Morgan fingerprint density at radius 2 is 1.30 bits per heavy atom. The van der Waals surface area contributed by atoms with Crippen molar-refractivity contribution in [3.63, 3.8) is 0 Å². The van der Waals surface area contributed by atoms with E-state index in [-0.39, 0.29) is 31.1 Å². The summed E-state index contributed by atoms with van der Waals surface area (Å²) in [5, 5.41) is 4.76. The first kappa shape index (κ1) is 56.6. The minimum absolute atomic E-state index is 0.145. The van der Waals surface area contributed by atoms with E-state index in [1.807, 2.05) is 31.2 Å². The second-order valence-electron chi connectivity index (χ2n) is 19.4. The van der Waals surface area contributed by atoms with Crippen molar-refractivity contribution in [2.24, 2.45) is 21.7 Å². The van der Waals surface area contributed by atoms with E-state index in [4.69, 9.17) is 33.2 Å². The predicted molar refractivity (Wildman–Crippen MR) is 249 cm³/mol. The molecule has 1 aliphatic heterocycles. The number of cyclic esters (lactones) is 1. The van der Waals surface area contributed by atoms with Gasteiger partial charge in [0.05, 0.1) is 6.61 Å². The summed E-state index contributed by atoms with van der Waals surface area (Å²) in [5.41, 5.74) is -11.8. The van der Waals surface area contributed by atoms with Crippen LogP contribution in [0, 0.1) is 21.7 Å². The van der Waals surface area contributed by atoms with Gasteiger partial charge in [-0.25, -0.2) is 13.2 Å².